The molecule has 0 spiro atoms. The van der Waals surface area contributed by atoms with Gasteiger partial charge in [-0.05, 0) is 18.4 Å². The van der Waals surface area contributed by atoms with Gasteiger partial charge in [-0.3, -0.25) is 4.79 Å². The second-order valence-corrected chi connectivity index (χ2v) is 6.29. The third kappa shape index (κ3) is 3.35. The number of aliphatic hydroxyl groups excluding tert-OH is 1. The van der Waals surface area contributed by atoms with Gasteiger partial charge in [0, 0.05) is 17.5 Å². The number of hydrogen-bond acceptors (Lipinski definition) is 5. The quantitative estimate of drug-likeness (QED) is 0.807. The van der Waals surface area contributed by atoms with E-state index in [0.717, 1.165) is 17.7 Å². The van der Waals surface area contributed by atoms with E-state index in [1.165, 1.54) is 16.9 Å². The van der Waals surface area contributed by atoms with Gasteiger partial charge in [0.25, 0.3) is 0 Å². The summed E-state index contributed by atoms with van der Waals surface area (Å²) in [7, 11) is 0. The number of thiazole rings is 1. The van der Waals surface area contributed by atoms with Crippen LogP contribution in [0.2, 0.25) is 0 Å². The number of nitrogens with zero attached hydrogens (tertiary/aromatic N) is 1. The molecule has 1 fully saturated rings. The van der Waals surface area contributed by atoms with Gasteiger partial charge in [-0.25, -0.2) is 4.98 Å². The predicted molar refractivity (Wildman–Crippen MR) is 88.0 cm³/mol. The van der Waals surface area contributed by atoms with Gasteiger partial charge < -0.3 is 15.7 Å². The number of carbonyl (C=O) groups excluding carboxylic acids is 1. The number of aromatic nitrogens is 1. The lowest BCUT2D eigenvalue weighted by molar-refractivity contribution is -0.117. The van der Waals surface area contributed by atoms with Crippen molar-refractivity contribution in [3.63, 3.8) is 0 Å². The molecule has 2 aromatic rings. The van der Waals surface area contributed by atoms with E-state index in [9.17, 15) is 9.90 Å². The maximum Gasteiger partial charge on any atom is 0.243 e. The smallest absolute Gasteiger partial charge is 0.243 e. The van der Waals surface area contributed by atoms with E-state index in [1.807, 2.05) is 17.5 Å². The summed E-state index contributed by atoms with van der Waals surface area (Å²) in [5, 5.41) is 17.8. The second kappa shape index (κ2) is 6.56. The van der Waals surface area contributed by atoms with Crippen LogP contribution in [0.4, 0.5) is 5.13 Å². The number of carbonyl (C=O) groups is 1. The Morgan fingerprint density at radius 3 is 2.86 bits per heavy atom. The summed E-state index contributed by atoms with van der Waals surface area (Å²) in [6.07, 6.45) is 1.02. The molecule has 0 radical (unpaired) electrons. The Balaban J connectivity index is 1.66. The number of anilines is 1. The SMILES string of the molecule is CCc1ccc(-c2csc(NC(=O)[C@@H]3C[C@H](O)CN3)n2)cc1. The number of nitrogens with one attached hydrogen (secondary N) is 2. The number of benzene rings is 1. The van der Waals surface area contributed by atoms with Gasteiger partial charge in [-0.2, -0.15) is 0 Å². The minimum Gasteiger partial charge on any atom is -0.392 e. The van der Waals surface area contributed by atoms with Crippen LogP contribution in [0.3, 0.4) is 0 Å². The number of hydrogen-bond donors (Lipinski definition) is 3. The topological polar surface area (TPSA) is 74.2 Å². The molecule has 0 aliphatic carbocycles. The molecule has 3 N–H and O–H groups in total. The molecular formula is C16H19N3O2S. The Kier molecular flexibility index (Phi) is 4.52. The van der Waals surface area contributed by atoms with E-state index in [-0.39, 0.29) is 11.9 Å². The lowest BCUT2D eigenvalue weighted by atomic mass is 10.1. The molecule has 22 heavy (non-hydrogen) atoms. The highest BCUT2D eigenvalue weighted by Crippen LogP contribution is 2.25. The molecule has 0 unspecified atom stereocenters. The van der Waals surface area contributed by atoms with Crippen molar-refractivity contribution >= 4 is 22.4 Å². The van der Waals surface area contributed by atoms with Crippen molar-refractivity contribution in [3.8, 4) is 11.3 Å². The summed E-state index contributed by atoms with van der Waals surface area (Å²) in [5.41, 5.74) is 3.20. The molecule has 1 aromatic carbocycles. The first-order valence-electron chi connectivity index (χ1n) is 7.43. The number of rotatable bonds is 4. The maximum atomic E-state index is 12.1. The van der Waals surface area contributed by atoms with E-state index < -0.39 is 6.10 Å². The van der Waals surface area contributed by atoms with Crippen LogP contribution in [0.15, 0.2) is 29.6 Å². The maximum absolute atomic E-state index is 12.1. The highest BCUT2D eigenvalue weighted by atomic mass is 32.1. The van der Waals surface area contributed by atoms with Crippen LogP contribution < -0.4 is 10.6 Å². The fraction of sp³-hybridized carbons (Fsp3) is 0.375. The lowest BCUT2D eigenvalue weighted by Gasteiger charge is -2.08. The molecule has 2 heterocycles. The molecule has 6 heteroatoms. The molecule has 2 atom stereocenters. The fourth-order valence-electron chi connectivity index (χ4n) is 2.48. The van der Waals surface area contributed by atoms with Crippen LogP contribution >= 0.6 is 11.3 Å². The average molecular weight is 317 g/mol. The van der Waals surface area contributed by atoms with Crippen LogP contribution in [0.25, 0.3) is 11.3 Å². The van der Waals surface area contributed by atoms with Crippen LogP contribution in [-0.4, -0.2) is 34.7 Å². The van der Waals surface area contributed by atoms with Crippen molar-refractivity contribution in [1.82, 2.24) is 10.3 Å². The van der Waals surface area contributed by atoms with E-state index in [4.69, 9.17) is 0 Å². The first-order chi connectivity index (χ1) is 10.7. The summed E-state index contributed by atoms with van der Waals surface area (Å²) in [5.74, 6) is -0.140. The first-order valence-corrected chi connectivity index (χ1v) is 8.31. The third-order valence-corrected chi connectivity index (χ3v) is 4.57. The zero-order valence-corrected chi connectivity index (χ0v) is 13.2. The van der Waals surface area contributed by atoms with Crippen molar-refractivity contribution in [1.29, 1.82) is 0 Å². The molecule has 5 nitrogen and oxygen atoms in total. The second-order valence-electron chi connectivity index (χ2n) is 5.43. The van der Waals surface area contributed by atoms with E-state index >= 15 is 0 Å². The number of aryl methyl sites for hydroxylation is 1. The van der Waals surface area contributed by atoms with Gasteiger partial charge in [0.15, 0.2) is 5.13 Å². The van der Waals surface area contributed by atoms with E-state index in [2.05, 4.69) is 34.7 Å². The van der Waals surface area contributed by atoms with Crippen molar-refractivity contribution in [2.75, 3.05) is 11.9 Å². The molecule has 0 bridgehead atoms. The zero-order valence-electron chi connectivity index (χ0n) is 12.4. The summed E-state index contributed by atoms with van der Waals surface area (Å²) in [6, 6.07) is 7.95. The Labute approximate surface area is 133 Å². The van der Waals surface area contributed by atoms with Gasteiger partial charge in [-0.1, -0.05) is 31.2 Å². The normalized spacial score (nSPS) is 21.0. The summed E-state index contributed by atoms with van der Waals surface area (Å²) < 4.78 is 0. The zero-order chi connectivity index (χ0) is 15.5. The molecule has 0 saturated carbocycles. The van der Waals surface area contributed by atoms with Gasteiger partial charge in [0.2, 0.25) is 5.91 Å². The summed E-state index contributed by atoms with van der Waals surface area (Å²) >= 11 is 1.41. The standard InChI is InChI=1S/C16H19N3O2S/c1-2-10-3-5-11(6-4-10)14-9-22-16(18-14)19-15(21)13-7-12(20)8-17-13/h3-6,9,12-13,17,20H,2,7-8H2,1H3,(H,18,19,21)/t12-,13-/m0/s1. The minimum atomic E-state index is -0.445. The molecule has 1 amide bonds. The largest absolute Gasteiger partial charge is 0.392 e. The van der Waals surface area contributed by atoms with Crippen molar-refractivity contribution < 1.29 is 9.90 Å². The van der Waals surface area contributed by atoms with Crippen LogP contribution in [0.5, 0.6) is 0 Å². The van der Waals surface area contributed by atoms with Crippen LogP contribution in [0.1, 0.15) is 18.9 Å². The molecular weight excluding hydrogens is 298 g/mol. The summed E-state index contributed by atoms with van der Waals surface area (Å²) in [4.78, 5) is 16.5. The molecule has 1 aromatic heterocycles. The Hall–Kier alpha value is -1.76. The third-order valence-electron chi connectivity index (χ3n) is 3.82. The van der Waals surface area contributed by atoms with Gasteiger partial charge in [-0.15, -0.1) is 11.3 Å². The number of aliphatic hydroxyl groups is 1. The lowest BCUT2D eigenvalue weighted by Crippen LogP contribution is -2.35. The van der Waals surface area contributed by atoms with Crippen molar-refractivity contribution in [3.05, 3.63) is 35.2 Å². The highest BCUT2D eigenvalue weighted by molar-refractivity contribution is 7.14. The first kappa shape index (κ1) is 15.1. The van der Waals surface area contributed by atoms with E-state index in [1.54, 1.807) is 0 Å². The van der Waals surface area contributed by atoms with Crippen molar-refractivity contribution in [2.24, 2.45) is 0 Å². The Morgan fingerprint density at radius 1 is 1.45 bits per heavy atom. The van der Waals surface area contributed by atoms with Gasteiger partial charge >= 0.3 is 0 Å². The molecule has 1 aliphatic rings. The average Bonchev–Trinajstić information content (AvgIpc) is 3.16. The van der Waals surface area contributed by atoms with E-state index in [0.29, 0.717) is 18.1 Å². The van der Waals surface area contributed by atoms with Crippen LogP contribution in [-0.2, 0) is 11.2 Å². The summed E-state index contributed by atoms with van der Waals surface area (Å²) in [6.45, 7) is 2.59. The molecule has 1 aliphatic heterocycles. The number of amides is 1. The van der Waals surface area contributed by atoms with Gasteiger partial charge in [0.1, 0.15) is 0 Å². The monoisotopic (exact) mass is 317 g/mol. The molecule has 1 saturated heterocycles. The van der Waals surface area contributed by atoms with Gasteiger partial charge in [0.05, 0.1) is 17.8 Å². The fourth-order valence-corrected chi connectivity index (χ4v) is 3.21. The highest BCUT2D eigenvalue weighted by Gasteiger charge is 2.28. The Morgan fingerprint density at radius 2 is 2.23 bits per heavy atom. The molecule has 3 rings (SSSR count). The Bertz CT molecular complexity index is 654. The minimum absolute atomic E-state index is 0.140. The predicted octanol–water partition coefficient (Wildman–Crippen LogP) is 2.03. The van der Waals surface area contributed by atoms with Crippen LogP contribution in [0, 0.1) is 0 Å². The number of β-amino-alcohol motifs (C(OH)–C–C–N with tert-alkyl or cyclic N) is 1. The molecule has 116 valence electrons. The van der Waals surface area contributed by atoms with Crippen molar-refractivity contribution in [2.45, 2.75) is 31.9 Å².